The van der Waals surface area contributed by atoms with Crippen LogP contribution in [0.25, 0.3) is 0 Å². The van der Waals surface area contributed by atoms with Crippen molar-refractivity contribution in [1.29, 1.82) is 0 Å². The van der Waals surface area contributed by atoms with Crippen LogP contribution in [0.3, 0.4) is 0 Å². The predicted octanol–water partition coefficient (Wildman–Crippen LogP) is 2.42. The molecule has 0 aromatic carbocycles. The summed E-state index contributed by atoms with van der Waals surface area (Å²) in [6, 6.07) is 0. The molecule has 0 radical (unpaired) electrons. The van der Waals surface area contributed by atoms with Crippen molar-refractivity contribution in [3.8, 4) is 0 Å². The van der Waals surface area contributed by atoms with Crippen LogP contribution in [0.1, 0.15) is 40.5 Å². The van der Waals surface area contributed by atoms with Crippen LogP contribution in [-0.4, -0.2) is 35.6 Å². The first kappa shape index (κ1) is 12.7. The minimum absolute atomic E-state index is 0.224. The molecule has 1 rings (SSSR count). The second kappa shape index (κ2) is 4.67. The highest BCUT2D eigenvalue weighted by atomic mass is 15.2. The smallest absolute Gasteiger partial charge is 0.0281 e. The number of hydrogen-bond acceptors (Lipinski definition) is 2. The molecule has 0 saturated carbocycles. The van der Waals surface area contributed by atoms with E-state index < -0.39 is 0 Å². The second-order valence-corrected chi connectivity index (χ2v) is 5.93. The van der Waals surface area contributed by atoms with Gasteiger partial charge in [-0.3, -0.25) is 4.90 Å². The first-order valence-electron chi connectivity index (χ1n) is 5.98. The van der Waals surface area contributed by atoms with Gasteiger partial charge in [-0.25, -0.2) is 0 Å². The first-order chi connectivity index (χ1) is 6.87. The van der Waals surface area contributed by atoms with E-state index in [9.17, 15) is 0 Å². The molecule has 1 aliphatic rings. The Morgan fingerprint density at radius 3 is 2.53 bits per heavy atom. The third-order valence-corrected chi connectivity index (χ3v) is 3.30. The Morgan fingerprint density at radius 1 is 1.47 bits per heavy atom. The van der Waals surface area contributed by atoms with Crippen LogP contribution >= 0.6 is 0 Å². The molecule has 1 unspecified atom stereocenters. The molecular weight excluding hydrogens is 184 g/mol. The molecular formula is C13H26N2. The molecule has 0 spiro atoms. The van der Waals surface area contributed by atoms with Crippen LogP contribution in [0.5, 0.6) is 0 Å². The molecule has 1 heterocycles. The molecule has 0 bridgehead atoms. The zero-order valence-corrected chi connectivity index (χ0v) is 10.8. The van der Waals surface area contributed by atoms with Gasteiger partial charge in [-0.1, -0.05) is 6.08 Å². The minimum atomic E-state index is 0.224. The molecule has 2 heteroatoms. The van der Waals surface area contributed by atoms with Crippen LogP contribution < -0.4 is 5.32 Å². The van der Waals surface area contributed by atoms with Gasteiger partial charge in [-0.15, -0.1) is 6.58 Å². The zero-order chi connectivity index (χ0) is 11.5. The van der Waals surface area contributed by atoms with Crippen molar-refractivity contribution >= 4 is 0 Å². The molecule has 2 nitrogen and oxygen atoms in total. The summed E-state index contributed by atoms with van der Waals surface area (Å²) in [5, 5.41) is 3.62. The van der Waals surface area contributed by atoms with E-state index in [1.807, 2.05) is 6.08 Å². The van der Waals surface area contributed by atoms with E-state index in [1.165, 1.54) is 19.4 Å². The van der Waals surface area contributed by atoms with Gasteiger partial charge in [0.05, 0.1) is 0 Å². The lowest BCUT2D eigenvalue weighted by Gasteiger charge is -2.40. The standard InChI is InChI=1S/C13H26N2/c1-6-10-15(12(2,3)4)11-13(5)8-7-9-14-13/h6,14H,1,7-11H2,2-5H3. The fourth-order valence-electron chi connectivity index (χ4n) is 2.24. The molecule has 1 aliphatic heterocycles. The van der Waals surface area contributed by atoms with E-state index in [0.717, 1.165) is 13.1 Å². The summed E-state index contributed by atoms with van der Waals surface area (Å²) in [7, 11) is 0. The Morgan fingerprint density at radius 2 is 2.13 bits per heavy atom. The van der Waals surface area contributed by atoms with Crippen LogP contribution in [0.4, 0.5) is 0 Å². The molecule has 1 saturated heterocycles. The lowest BCUT2D eigenvalue weighted by Crippen LogP contribution is -2.53. The van der Waals surface area contributed by atoms with E-state index in [4.69, 9.17) is 0 Å². The van der Waals surface area contributed by atoms with Gasteiger partial charge < -0.3 is 5.32 Å². The van der Waals surface area contributed by atoms with Gasteiger partial charge in [0.15, 0.2) is 0 Å². The quantitative estimate of drug-likeness (QED) is 0.717. The fraction of sp³-hybridized carbons (Fsp3) is 0.846. The van der Waals surface area contributed by atoms with Crippen molar-refractivity contribution in [3.05, 3.63) is 12.7 Å². The molecule has 0 amide bonds. The lowest BCUT2D eigenvalue weighted by molar-refractivity contribution is 0.115. The zero-order valence-electron chi connectivity index (χ0n) is 10.8. The summed E-state index contributed by atoms with van der Waals surface area (Å²) in [5.74, 6) is 0. The van der Waals surface area contributed by atoms with E-state index in [1.54, 1.807) is 0 Å². The van der Waals surface area contributed by atoms with Gasteiger partial charge in [0, 0.05) is 24.2 Å². The molecule has 0 aliphatic carbocycles. The maximum Gasteiger partial charge on any atom is 0.0281 e. The highest BCUT2D eigenvalue weighted by Crippen LogP contribution is 2.23. The van der Waals surface area contributed by atoms with Crippen molar-refractivity contribution < 1.29 is 0 Å². The topological polar surface area (TPSA) is 15.3 Å². The average Bonchev–Trinajstić information content (AvgIpc) is 2.50. The summed E-state index contributed by atoms with van der Waals surface area (Å²) in [6.07, 6.45) is 4.60. The maximum absolute atomic E-state index is 3.85. The second-order valence-electron chi connectivity index (χ2n) is 5.93. The van der Waals surface area contributed by atoms with Crippen molar-refractivity contribution in [2.24, 2.45) is 0 Å². The first-order valence-corrected chi connectivity index (χ1v) is 5.98. The molecule has 1 fully saturated rings. The van der Waals surface area contributed by atoms with Gasteiger partial charge >= 0.3 is 0 Å². The Labute approximate surface area is 94.7 Å². The van der Waals surface area contributed by atoms with Gasteiger partial charge in [0.25, 0.3) is 0 Å². The van der Waals surface area contributed by atoms with E-state index in [-0.39, 0.29) is 5.54 Å². The Bertz CT molecular complexity index is 209. The summed E-state index contributed by atoms with van der Waals surface area (Å²) in [4.78, 5) is 2.50. The lowest BCUT2D eigenvalue weighted by atomic mass is 9.96. The SMILES string of the molecule is C=CCN(CC1(C)CCCN1)C(C)(C)C. The van der Waals surface area contributed by atoms with Gasteiger partial charge in [0.1, 0.15) is 0 Å². The van der Waals surface area contributed by atoms with E-state index in [0.29, 0.717) is 5.54 Å². The summed E-state index contributed by atoms with van der Waals surface area (Å²) in [6.45, 7) is 16.3. The molecule has 1 N–H and O–H groups in total. The van der Waals surface area contributed by atoms with Crippen LogP contribution in [0.15, 0.2) is 12.7 Å². The Balaban J connectivity index is 2.61. The number of rotatable bonds is 4. The van der Waals surface area contributed by atoms with Crippen molar-refractivity contribution in [2.45, 2.75) is 51.6 Å². The number of nitrogens with zero attached hydrogens (tertiary/aromatic N) is 1. The predicted molar refractivity (Wildman–Crippen MR) is 67.2 cm³/mol. The Kier molecular flexibility index (Phi) is 3.96. The Hall–Kier alpha value is -0.340. The van der Waals surface area contributed by atoms with Gasteiger partial charge in [0.2, 0.25) is 0 Å². The van der Waals surface area contributed by atoms with E-state index in [2.05, 4.69) is 44.5 Å². The van der Waals surface area contributed by atoms with Crippen LogP contribution in [-0.2, 0) is 0 Å². The van der Waals surface area contributed by atoms with Crippen molar-refractivity contribution in [3.63, 3.8) is 0 Å². The molecule has 88 valence electrons. The molecule has 0 aromatic rings. The summed E-state index contributed by atoms with van der Waals surface area (Å²) in [5.41, 5.74) is 0.526. The monoisotopic (exact) mass is 210 g/mol. The number of nitrogens with one attached hydrogen (secondary N) is 1. The third kappa shape index (κ3) is 3.62. The minimum Gasteiger partial charge on any atom is -0.310 e. The highest BCUT2D eigenvalue weighted by Gasteiger charge is 2.33. The molecule has 15 heavy (non-hydrogen) atoms. The van der Waals surface area contributed by atoms with Crippen LogP contribution in [0.2, 0.25) is 0 Å². The average molecular weight is 210 g/mol. The van der Waals surface area contributed by atoms with Gasteiger partial charge in [-0.2, -0.15) is 0 Å². The largest absolute Gasteiger partial charge is 0.310 e. The van der Waals surface area contributed by atoms with Crippen LogP contribution in [0, 0.1) is 0 Å². The van der Waals surface area contributed by atoms with Crippen molar-refractivity contribution in [2.75, 3.05) is 19.6 Å². The maximum atomic E-state index is 3.85. The summed E-state index contributed by atoms with van der Waals surface area (Å²) >= 11 is 0. The normalized spacial score (nSPS) is 27.3. The fourth-order valence-corrected chi connectivity index (χ4v) is 2.24. The van der Waals surface area contributed by atoms with E-state index >= 15 is 0 Å². The third-order valence-electron chi connectivity index (χ3n) is 3.30. The highest BCUT2D eigenvalue weighted by molar-refractivity contribution is 4.95. The number of hydrogen-bond donors (Lipinski definition) is 1. The van der Waals surface area contributed by atoms with Gasteiger partial charge in [-0.05, 0) is 47.1 Å². The van der Waals surface area contributed by atoms with Crippen molar-refractivity contribution in [1.82, 2.24) is 10.2 Å². The summed E-state index contributed by atoms with van der Waals surface area (Å²) < 4.78 is 0. The molecule has 0 aromatic heterocycles. The molecule has 1 atom stereocenters.